The second kappa shape index (κ2) is 8.48. The van der Waals surface area contributed by atoms with Crippen LogP contribution in [0.15, 0.2) is 76.2 Å². The van der Waals surface area contributed by atoms with Crippen LogP contribution in [0.3, 0.4) is 0 Å². The summed E-state index contributed by atoms with van der Waals surface area (Å²) >= 11 is 0. The molecule has 0 radical (unpaired) electrons. The summed E-state index contributed by atoms with van der Waals surface area (Å²) in [6.45, 7) is 3.99. The molecule has 0 spiro atoms. The van der Waals surface area contributed by atoms with Crippen LogP contribution in [0.5, 0.6) is 5.75 Å². The summed E-state index contributed by atoms with van der Waals surface area (Å²) in [6, 6.07) is 13.9. The van der Waals surface area contributed by atoms with Gasteiger partial charge in [0.15, 0.2) is 5.76 Å². The van der Waals surface area contributed by atoms with Crippen molar-refractivity contribution in [3.63, 3.8) is 0 Å². The molecule has 8 heteroatoms. The largest absolute Gasteiger partial charge is 0.459 e. The first-order chi connectivity index (χ1) is 13.8. The van der Waals surface area contributed by atoms with Crippen LogP contribution in [0.25, 0.3) is 0 Å². The van der Waals surface area contributed by atoms with E-state index in [1.807, 2.05) is 13.8 Å². The van der Waals surface area contributed by atoms with Crippen molar-refractivity contribution in [2.24, 2.45) is 0 Å². The van der Waals surface area contributed by atoms with E-state index in [-0.39, 0.29) is 34.9 Å². The maximum absolute atomic E-state index is 13.0. The maximum atomic E-state index is 13.0. The molecule has 0 unspecified atom stereocenters. The number of hydrogen-bond donors (Lipinski definition) is 0. The predicted octanol–water partition coefficient (Wildman–Crippen LogP) is 4.24. The van der Waals surface area contributed by atoms with E-state index in [9.17, 15) is 17.6 Å². The molecule has 0 atom stereocenters. The zero-order valence-electron chi connectivity index (χ0n) is 15.9. The van der Waals surface area contributed by atoms with Crippen molar-refractivity contribution in [2.45, 2.75) is 31.3 Å². The first kappa shape index (κ1) is 20.6. The standard InChI is InChI=1S/C21H20FNO5S/c1-15(2)23(21(24)20-7-4-12-27-20)14-16-5-3-6-18(13-16)28-29(25,26)19-10-8-17(22)9-11-19/h3-13,15H,14H2,1-2H3. The maximum Gasteiger partial charge on any atom is 0.339 e. The van der Waals surface area contributed by atoms with E-state index in [0.29, 0.717) is 5.56 Å². The second-order valence-electron chi connectivity index (χ2n) is 6.64. The van der Waals surface area contributed by atoms with Gasteiger partial charge in [-0.1, -0.05) is 12.1 Å². The molecule has 0 saturated heterocycles. The van der Waals surface area contributed by atoms with Crippen molar-refractivity contribution in [3.8, 4) is 5.75 Å². The molecule has 29 heavy (non-hydrogen) atoms. The highest BCUT2D eigenvalue weighted by atomic mass is 32.2. The summed E-state index contributed by atoms with van der Waals surface area (Å²) in [7, 11) is -4.11. The number of rotatable bonds is 7. The van der Waals surface area contributed by atoms with E-state index < -0.39 is 15.9 Å². The summed E-state index contributed by atoms with van der Waals surface area (Å²) < 4.78 is 48.2. The van der Waals surface area contributed by atoms with Crippen molar-refractivity contribution < 1.29 is 26.2 Å². The number of carbonyl (C=O) groups excluding carboxylic acids is 1. The summed E-state index contributed by atoms with van der Waals surface area (Å²) in [5.74, 6) is -0.484. The highest BCUT2D eigenvalue weighted by Crippen LogP contribution is 2.22. The van der Waals surface area contributed by atoms with E-state index in [1.54, 1.807) is 35.2 Å². The number of carbonyl (C=O) groups is 1. The molecule has 3 aromatic rings. The monoisotopic (exact) mass is 417 g/mol. The molecule has 0 bridgehead atoms. The fraction of sp³-hybridized carbons (Fsp3) is 0.190. The molecule has 2 aromatic carbocycles. The molecule has 3 rings (SSSR count). The number of nitrogens with zero attached hydrogens (tertiary/aromatic N) is 1. The van der Waals surface area contributed by atoms with E-state index in [0.717, 1.165) is 24.3 Å². The minimum Gasteiger partial charge on any atom is -0.459 e. The van der Waals surface area contributed by atoms with Gasteiger partial charge < -0.3 is 13.5 Å². The zero-order chi connectivity index (χ0) is 21.0. The number of benzene rings is 2. The van der Waals surface area contributed by atoms with Gasteiger partial charge in [-0.2, -0.15) is 8.42 Å². The Morgan fingerprint density at radius 3 is 2.45 bits per heavy atom. The number of furan rings is 1. The predicted molar refractivity (Wildman–Crippen MR) is 104 cm³/mol. The van der Waals surface area contributed by atoms with Crippen LogP contribution in [0.2, 0.25) is 0 Å². The lowest BCUT2D eigenvalue weighted by Gasteiger charge is -2.26. The third-order valence-corrected chi connectivity index (χ3v) is 5.44. The molecule has 0 aliphatic rings. The van der Waals surface area contributed by atoms with E-state index in [4.69, 9.17) is 8.60 Å². The first-order valence-electron chi connectivity index (χ1n) is 8.90. The Bertz CT molecular complexity index is 1080. The molecule has 1 amide bonds. The minimum absolute atomic E-state index is 0.0981. The summed E-state index contributed by atoms with van der Waals surface area (Å²) in [5, 5.41) is 0. The van der Waals surface area contributed by atoms with E-state index >= 15 is 0 Å². The fourth-order valence-corrected chi connectivity index (χ4v) is 3.62. The van der Waals surface area contributed by atoms with Crippen LogP contribution in [0.4, 0.5) is 4.39 Å². The molecule has 6 nitrogen and oxygen atoms in total. The molecule has 1 aromatic heterocycles. The summed E-state index contributed by atoms with van der Waals surface area (Å²) in [6.07, 6.45) is 1.43. The molecule has 0 fully saturated rings. The SMILES string of the molecule is CC(C)N(Cc1cccc(OS(=O)(=O)c2ccc(F)cc2)c1)C(=O)c1ccco1. The van der Waals surface area contributed by atoms with Crippen LogP contribution in [0, 0.1) is 5.82 Å². The molecule has 0 N–H and O–H groups in total. The number of amides is 1. The lowest BCUT2D eigenvalue weighted by atomic mass is 10.1. The summed E-state index contributed by atoms with van der Waals surface area (Å²) in [5.41, 5.74) is 0.686. The fourth-order valence-electron chi connectivity index (χ4n) is 2.70. The van der Waals surface area contributed by atoms with Crippen molar-refractivity contribution in [1.29, 1.82) is 0 Å². The lowest BCUT2D eigenvalue weighted by molar-refractivity contribution is 0.0657. The van der Waals surface area contributed by atoms with E-state index in [2.05, 4.69) is 0 Å². The molecule has 0 aliphatic heterocycles. The molecule has 0 saturated carbocycles. The first-order valence-corrected chi connectivity index (χ1v) is 10.3. The summed E-state index contributed by atoms with van der Waals surface area (Å²) in [4.78, 5) is 14.1. The quantitative estimate of drug-likeness (QED) is 0.538. The van der Waals surface area contributed by atoms with Crippen molar-refractivity contribution in [2.75, 3.05) is 0 Å². The van der Waals surface area contributed by atoms with Gasteiger partial charge in [0.2, 0.25) is 0 Å². The van der Waals surface area contributed by atoms with Crippen molar-refractivity contribution in [3.05, 3.63) is 84.1 Å². The Balaban J connectivity index is 1.79. The van der Waals surface area contributed by atoms with Gasteiger partial charge in [0.05, 0.1) is 6.26 Å². The lowest BCUT2D eigenvalue weighted by Crippen LogP contribution is -2.36. The Labute approximate surface area is 168 Å². The number of hydrogen-bond acceptors (Lipinski definition) is 5. The van der Waals surface area contributed by atoms with Gasteiger partial charge in [0, 0.05) is 12.6 Å². The smallest absolute Gasteiger partial charge is 0.339 e. The van der Waals surface area contributed by atoms with Gasteiger partial charge in [-0.25, -0.2) is 4.39 Å². The van der Waals surface area contributed by atoms with Crippen LogP contribution in [-0.4, -0.2) is 25.3 Å². The van der Waals surface area contributed by atoms with Gasteiger partial charge in [-0.05, 0) is 67.9 Å². The molecule has 152 valence electrons. The van der Waals surface area contributed by atoms with Crippen molar-refractivity contribution in [1.82, 2.24) is 4.90 Å². The average molecular weight is 417 g/mol. The minimum atomic E-state index is -4.11. The second-order valence-corrected chi connectivity index (χ2v) is 8.19. The molecular weight excluding hydrogens is 397 g/mol. The van der Waals surface area contributed by atoms with Gasteiger partial charge >= 0.3 is 10.1 Å². The van der Waals surface area contributed by atoms with Gasteiger partial charge in [-0.3, -0.25) is 4.79 Å². The zero-order valence-corrected chi connectivity index (χ0v) is 16.7. The Morgan fingerprint density at radius 1 is 1.10 bits per heavy atom. The van der Waals surface area contributed by atoms with Crippen LogP contribution < -0.4 is 4.18 Å². The van der Waals surface area contributed by atoms with Crippen molar-refractivity contribution >= 4 is 16.0 Å². The topological polar surface area (TPSA) is 76.8 Å². The van der Waals surface area contributed by atoms with Gasteiger partial charge in [0.25, 0.3) is 5.91 Å². The normalized spacial score (nSPS) is 11.4. The molecule has 1 heterocycles. The average Bonchev–Trinajstić information content (AvgIpc) is 3.20. The molecular formula is C21H20FNO5S. The van der Waals surface area contributed by atoms with Crippen LogP contribution in [0.1, 0.15) is 30.0 Å². The highest BCUT2D eigenvalue weighted by Gasteiger charge is 2.22. The Kier molecular flexibility index (Phi) is 6.03. The third-order valence-electron chi connectivity index (χ3n) is 4.18. The van der Waals surface area contributed by atoms with E-state index in [1.165, 1.54) is 12.3 Å². The van der Waals surface area contributed by atoms with Gasteiger partial charge in [-0.15, -0.1) is 0 Å². The number of halogens is 1. The Morgan fingerprint density at radius 2 is 1.83 bits per heavy atom. The third kappa shape index (κ3) is 5.03. The van der Waals surface area contributed by atoms with Gasteiger partial charge in [0.1, 0.15) is 16.5 Å². The van der Waals surface area contributed by atoms with Crippen LogP contribution >= 0.6 is 0 Å². The highest BCUT2D eigenvalue weighted by molar-refractivity contribution is 7.87. The molecule has 0 aliphatic carbocycles. The van der Waals surface area contributed by atoms with Crippen LogP contribution in [-0.2, 0) is 16.7 Å². The Hall–Kier alpha value is -3.13.